The molecule has 1 aromatic heterocycles. The lowest BCUT2D eigenvalue weighted by molar-refractivity contribution is -0.384. The lowest BCUT2D eigenvalue weighted by atomic mass is 10.1. The molecule has 1 aliphatic rings. The number of nitro benzene ring substituents is 1. The molecule has 0 unspecified atom stereocenters. The minimum atomic E-state index is -0.424. The number of nitro groups is 1. The number of carbonyl (C=O) groups excluding carboxylic acids is 1. The number of benzene rings is 2. The topological polar surface area (TPSA) is 75.5 Å². The summed E-state index contributed by atoms with van der Waals surface area (Å²) in [7, 11) is 0. The Bertz CT molecular complexity index is 1000. The number of hydrogen-bond donors (Lipinski definition) is 1. The minimum absolute atomic E-state index is 0.0597. The van der Waals surface area contributed by atoms with Gasteiger partial charge >= 0.3 is 0 Å². The van der Waals surface area contributed by atoms with Gasteiger partial charge in [0.1, 0.15) is 5.69 Å². The fourth-order valence-corrected chi connectivity index (χ4v) is 3.95. The van der Waals surface area contributed by atoms with E-state index in [4.69, 9.17) is 0 Å². The number of hydrogen-bond acceptors (Lipinski definition) is 5. The number of amides is 1. The quantitative estimate of drug-likeness (QED) is 0.530. The van der Waals surface area contributed by atoms with Gasteiger partial charge in [-0.3, -0.25) is 14.9 Å². The Balaban J connectivity index is 1.61. The zero-order chi connectivity index (χ0) is 18.8. The van der Waals surface area contributed by atoms with Crippen LogP contribution in [0.3, 0.4) is 0 Å². The molecule has 0 saturated carbocycles. The van der Waals surface area contributed by atoms with Crippen molar-refractivity contribution >= 4 is 34.3 Å². The smallest absolute Gasteiger partial charge is 0.293 e. The van der Waals surface area contributed by atoms with Gasteiger partial charge in [0.05, 0.1) is 11.5 Å². The van der Waals surface area contributed by atoms with Crippen molar-refractivity contribution in [3.05, 3.63) is 86.1 Å². The second-order valence-corrected chi connectivity index (χ2v) is 7.29. The van der Waals surface area contributed by atoms with Crippen LogP contribution in [0.25, 0.3) is 0 Å². The number of rotatable bonds is 5. The SMILES string of the molecule is O=C(NCc1cccs1)c1ccc(N2CCc3ccccc32)c([N+](=O)[O-])c1. The van der Waals surface area contributed by atoms with E-state index in [1.54, 1.807) is 23.5 Å². The normalized spacial score (nSPS) is 12.7. The van der Waals surface area contributed by atoms with Crippen LogP contribution in [0.1, 0.15) is 20.8 Å². The second kappa shape index (κ2) is 7.20. The van der Waals surface area contributed by atoms with E-state index < -0.39 is 4.92 Å². The Morgan fingerprint density at radius 1 is 1.15 bits per heavy atom. The molecule has 0 fully saturated rings. The summed E-state index contributed by atoms with van der Waals surface area (Å²) >= 11 is 1.55. The van der Waals surface area contributed by atoms with Crippen LogP contribution in [0.5, 0.6) is 0 Å². The first kappa shape index (κ1) is 17.2. The number of thiophene rings is 1. The Hall–Kier alpha value is -3.19. The standard InChI is InChI=1S/C20H17N3O3S/c24-20(21-13-16-5-3-11-27-16)15-7-8-18(19(12-15)23(25)26)22-10-9-14-4-1-2-6-17(14)22/h1-8,11-12H,9-10,13H2,(H,21,24). The average molecular weight is 379 g/mol. The first-order chi connectivity index (χ1) is 13.1. The van der Waals surface area contributed by atoms with Gasteiger partial charge in [0.25, 0.3) is 11.6 Å². The fraction of sp³-hybridized carbons (Fsp3) is 0.150. The van der Waals surface area contributed by atoms with E-state index in [2.05, 4.69) is 5.32 Å². The molecule has 0 saturated heterocycles. The molecule has 0 aliphatic carbocycles. The number of carbonyl (C=O) groups is 1. The van der Waals surface area contributed by atoms with Crippen molar-refractivity contribution < 1.29 is 9.72 Å². The van der Waals surface area contributed by atoms with Crippen LogP contribution in [0.2, 0.25) is 0 Å². The van der Waals surface area contributed by atoms with E-state index in [1.807, 2.05) is 46.7 Å². The maximum absolute atomic E-state index is 12.4. The van der Waals surface area contributed by atoms with E-state index in [1.165, 1.54) is 11.6 Å². The Morgan fingerprint density at radius 3 is 2.78 bits per heavy atom. The highest BCUT2D eigenvalue weighted by molar-refractivity contribution is 7.09. The Labute approximate surface area is 160 Å². The van der Waals surface area contributed by atoms with E-state index in [9.17, 15) is 14.9 Å². The zero-order valence-electron chi connectivity index (χ0n) is 14.4. The summed E-state index contributed by atoms with van der Waals surface area (Å²) in [6.45, 7) is 1.09. The van der Waals surface area contributed by atoms with Crippen molar-refractivity contribution in [1.82, 2.24) is 5.32 Å². The van der Waals surface area contributed by atoms with Gasteiger partial charge in [0.2, 0.25) is 0 Å². The number of anilines is 2. The van der Waals surface area contributed by atoms with Crippen LogP contribution in [0.15, 0.2) is 60.0 Å². The van der Waals surface area contributed by atoms with Crippen molar-refractivity contribution in [3.63, 3.8) is 0 Å². The van der Waals surface area contributed by atoms with Crippen molar-refractivity contribution in [2.24, 2.45) is 0 Å². The summed E-state index contributed by atoms with van der Waals surface area (Å²) in [6, 6.07) is 16.4. The van der Waals surface area contributed by atoms with Crippen molar-refractivity contribution in [2.45, 2.75) is 13.0 Å². The lowest BCUT2D eigenvalue weighted by Crippen LogP contribution is -2.23. The van der Waals surface area contributed by atoms with E-state index in [-0.39, 0.29) is 17.2 Å². The van der Waals surface area contributed by atoms with Gasteiger partial charge in [-0.05, 0) is 41.6 Å². The van der Waals surface area contributed by atoms with Gasteiger partial charge in [0.15, 0.2) is 0 Å². The highest BCUT2D eigenvalue weighted by Crippen LogP contribution is 2.39. The molecule has 6 nitrogen and oxygen atoms in total. The van der Waals surface area contributed by atoms with Crippen LogP contribution < -0.4 is 10.2 Å². The van der Waals surface area contributed by atoms with Gasteiger partial charge in [0, 0.05) is 28.7 Å². The van der Waals surface area contributed by atoms with Gasteiger partial charge in [-0.25, -0.2) is 0 Å². The van der Waals surface area contributed by atoms with Crippen LogP contribution in [-0.2, 0) is 13.0 Å². The molecule has 0 atom stereocenters. The first-order valence-corrected chi connectivity index (χ1v) is 9.46. The summed E-state index contributed by atoms with van der Waals surface area (Å²) in [4.78, 5) is 26.6. The molecule has 0 bridgehead atoms. The molecular weight excluding hydrogens is 362 g/mol. The summed E-state index contributed by atoms with van der Waals surface area (Å²) in [5.74, 6) is -0.320. The monoisotopic (exact) mass is 379 g/mol. The molecule has 2 aromatic carbocycles. The maximum Gasteiger partial charge on any atom is 0.293 e. The van der Waals surface area contributed by atoms with Crippen molar-refractivity contribution in [1.29, 1.82) is 0 Å². The van der Waals surface area contributed by atoms with Crippen LogP contribution in [0, 0.1) is 10.1 Å². The summed E-state index contributed by atoms with van der Waals surface area (Å²) in [5.41, 5.74) is 2.89. The Morgan fingerprint density at radius 2 is 2.00 bits per heavy atom. The van der Waals surface area contributed by atoms with Gasteiger partial charge in [-0.15, -0.1) is 11.3 Å². The second-order valence-electron chi connectivity index (χ2n) is 6.25. The van der Waals surface area contributed by atoms with Gasteiger partial charge < -0.3 is 10.2 Å². The molecular formula is C20H17N3O3S. The van der Waals surface area contributed by atoms with Crippen molar-refractivity contribution in [2.75, 3.05) is 11.4 Å². The fourth-order valence-electron chi connectivity index (χ4n) is 3.31. The Kier molecular flexibility index (Phi) is 4.60. The predicted molar refractivity (Wildman–Crippen MR) is 106 cm³/mol. The molecule has 1 amide bonds. The maximum atomic E-state index is 12.4. The summed E-state index contributed by atoms with van der Waals surface area (Å²) in [5, 5.41) is 16.4. The van der Waals surface area contributed by atoms with Crippen molar-refractivity contribution in [3.8, 4) is 0 Å². The predicted octanol–water partition coefficient (Wildman–Crippen LogP) is 4.28. The lowest BCUT2D eigenvalue weighted by Gasteiger charge is -2.19. The zero-order valence-corrected chi connectivity index (χ0v) is 15.2. The third-order valence-corrected chi connectivity index (χ3v) is 5.49. The number of fused-ring (bicyclic) bond motifs is 1. The number of nitrogens with one attached hydrogen (secondary N) is 1. The first-order valence-electron chi connectivity index (χ1n) is 8.58. The van der Waals surface area contributed by atoms with Gasteiger partial charge in [-0.2, -0.15) is 0 Å². The summed E-state index contributed by atoms with van der Waals surface area (Å²) in [6.07, 6.45) is 0.844. The third kappa shape index (κ3) is 3.41. The number of para-hydroxylation sites is 1. The highest BCUT2D eigenvalue weighted by atomic mass is 32.1. The molecule has 1 N–H and O–H groups in total. The third-order valence-electron chi connectivity index (χ3n) is 4.62. The molecule has 3 aromatic rings. The molecule has 0 radical (unpaired) electrons. The van der Waals surface area contributed by atoms with Crippen LogP contribution in [0.4, 0.5) is 17.1 Å². The average Bonchev–Trinajstić information content (AvgIpc) is 3.35. The molecule has 7 heteroatoms. The molecule has 0 spiro atoms. The van der Waals surface area contributed by atoms with E-state index in [0.29, 0.717) is 18.8 Å². The van der Waals surface area contributed by atoms with Crippen LogP contribution in [-0.4, -0.2) is 17.4 Å². The molecule has 136 valence electrons. The minimum Gasteiger partial charge on any atom is -0.347 e. The van der Waals surface area contributed by atoms with E-state index >= 15 is 0 Å². The number of nitrogens with zero attached hydrogens (tertiary/aromatic N) is 2. The summed E-state index contributed by atoms with van der Waals surface area (Å²) < 4.78 is 0. The van der Waals surface area contributed by atoms with Gasteiger partial charge in [-0.1, -0.05) is 24.3 Å². The molecule has 2 heterocycles. The van der Waals surface area contributed by atoms with E-state index in [0.717, 1.165) is 17.0 Å². The molecule has 27 heavy (non-hydrogen) atoms. The highest BCUT2D eigenvalue weighted by Gasteiger charge is 2.27. The van der Waals surface area contributed by atoms with Crippen LogP contribution >= 0.6 is 11.3 Å². The largest absolute Gasteiger partial charge is 0.347 e. The molecule has 4 rings (SSSR count). The molecule has 1 aliphatic heterocycles.